The maximum Gasteiger partial charge on any atom is 0.186 e. The Balaban J connectivity index is 2.19. The van der Waals surface area contributed by atoms with E-state index in [4.69, 9.17) is 4.98 Å². The smallest absolute Gasteiger partial charge is 0.186 e. The van der Waals surface area contributed by atoms with E-state index in [9.17, 15) is 0 Å². The van der Waals surface area contributed by atoms with E-state index in [1.165, 1.54) is 27.2 Å². The van der Waals surface area contributed by atoms with Crippen LogP contribution in [0.1, 0.15) is 51.1 Å². The molecule has 1 N–H and O–H groups in total. The van der Waals surface area contributed by atoms with Crippen LogP contribution >= 0.6 is 23.1 Å². The molecule has 114 valence electrons. The van der Waals surface area contributed by atoms with Gasteiger partial charge in [-0.15, -0.1) is 11.3 Å². The number of thiazole rings is 1. The van der Waals surface area contributed by atoms with Gasteiger partial charge in [-0.3, -0.25) is 0 Å². The van der Waals surface area contributed by atoms with Crippen molar-refractivity contribution in [1.82, 2.24) is 10.3 Å². The van der Waals surface area contributed by atoms with Gasteiger partial charge in [-0.25, -0.2) is 4.98 Å². The molecule has 5 heteroatoms. The Hall–Kier alpha value is -0.260. The van der Waals surface area contributed by atoms with Crippen LogP contribution in [-0.2, 0) is 6.54 Å². The number of anilines is 1. The number of nitrogens with zero attached hydrogens (tertiary/aromatic N) is 2. The second-order valence-electron chi connectivity index (χ2n) is 6.11. The molecule has 0 spiro atoms. The molecule has 1 fully saturated rings. The lowest BCUT2D eigenvalue weighted by Crippen LogP contribution is -2.40. The minimum Gasteiger partial charge on any atom is -0.344 e. The first-order valence-corrected chi connectivity index (χ1v) is 9.53. The van der Waals surface area contributed by atoms with Gasteiger partial charge in [0.1, 0.15) is 0 Å². The van der Waals surface area contributed by atoms with Crippen LogP contribution in [0.15, 0.2) is 0 Å². The molecule has 0 radical (unpaired) electrons. The summed E-state index contributed by atoms with van der Waals surface area (Å²) in [7, 11) is 0. The Morgan fingerprint density at radius 3 is 2.70 bits per heavy atom. The molecule has 0 saturated carbocycles. The summed E-state index contributed by atoms with van der Waals surface area (Å²) >= 11 is 3.94. The number of hydrogen-bond acceptors (Lipinski definition) is 5. The standard InChI is InChI=1S/C15H27N3S2/c1-10(2)14-13(8-16-11(3)4)20-15(17-14)18-6-7-19-9-12(18)5/h10-12,16H,6-9H2,1-5H3. The molecule has 1 unspecified atom stereocenters. The Morgan fingerprint density at radius 2 is 2.10 bits per heavy atom. The molecular weight excluding hydrogens is 286 g/mol. The number of hydrogen-bond donors (Lipinski definition) is 1. The third-order valence-corrected chi connectivity index (χ3v) is 5.84. The topological polar surface area (TPSA) is 28.2 Å². The lowest BCUT2D eigenvalue weighted by molar-refractivity contribution is 0.588. The monoisotopic (exact) mass is 313 g/mol. The zero-order valence-corrected chi connectivity index (χ0v) is 14.9. The molecule has 1 saturated heterocycles. The molecule has 0 aromatic carbocycles. The van der Waals surface area contributed by atoms with Crippen LogP contribution in [0.2, 0.25) is 0 Å². The van der Waals surface area contributed by atoms with Crippen molar-refractivity contribution in [1.29, 1.82) is 0 Å². The Labute approximate surface area is 131 Å². The summed E-state index contributed by atoms with van der Waals surface area (Å²) < 4.78 is 0. The van der Waals surface area contributed by atoms with Gasteiger partial charge < -0.3 is 10.2 Å². The van der Waals surface area contributed by atoms with Crippen molar-refractivity contribution in [3.8, 4) is 0 Å². The largest absolute Gasteiger partial charge is 0.344 e. The first-order chi connectivity index (χ1) is 9.49. The normalized spacial score (nSPS) is 20.1. The average Bonchev–Trinajstić information content (AvgIpc) is 2.81. The summed E-state index contributed by atoms with van der Waals surface area (Å²) in [5.41, 5.74) is 1.28. The molecule has 0 amide bonds. The van der Waals surface area contributed by atoms with E-state index in [-0.39, 0.29) is 0 Å². The van der Waals surface area contributed by atoms with E-state index in [1.54, 1.807) is 0 Å². The van der Waals surface area contributed by atoms with Gasteiger partial charge in [0.2, 0.25) is 0 Å². The molecule has 2 heterocycles. The van der Waals surface area contributed by atoms with E-state index in [0.717, 1.165) is 13.1 Å². The van der Waals surface area contributed by atoms with Crippen LogP contribution in [0, 0.1) is 0 Å². The molecule has 1 aromatic rings. The lowest BCUT2D eigenvalue weighted by Gasteiger charge is -2.32. The van der Waals surface area contributed by atoms with E-state index in [1.807, 2.05) is 11.3 Å². The van der Waals surface area contributed by atoms with Crippen LogP contribution in [0.3, 0.4) is 0 Å². The van der Waals surface area contributed by atoms with E-state index in [0.29, 0.717) is 18.0 Å². The SMILES string of the molecule is CC(C)NCc1sc(N2CCSCC2C)nc1C(C)C. The third-order valence-electron chi connectivity index (χ3n) is 3.55. The Morgan fingerprint density at radius 1 is 1.35 bits per heavy atom. The highest BCUT2D eigenvalue weighted by Crippen LogP contribution is 2.33. The van der Waals surface area contributed by atoms with E-state index >= 15 is 0 Å². The molecule has 0 bridgehead atoms. The van der Waals surface area contributed by atoms with Crippen LogP contribution in [0.5, 0.6) is 0 Å². The van der Waals surface area contributed by atoms with Crippen molar-refractivity contribution in [2.24, 2.45) is 0 Å². The predicted octanol–water partition coefficient (Wildman–Crippen LogP) is 3.71. The highest BCUT2D eigenvalue weighted by atomic mass is 32.2. The van der Waals surface area contributed by atoms with E-state index < -0.39 is 0 Å². The fourth-order valence-electron chi connectivity index (χ4n) is 2.36. The number of thioether (sulfide) groups is 1. The van der Waals surface area contributed by atoms with Gasteiger partial charge in [0.05, 0.1) is 5.69 Å². The second kappa shape index (κ2) is 7.14. The molecule has 1 aromatic heterocycles. The third kappa shape index (κ3) is 3.89. The van der Waals surface area contributed by atoms with Gasteiger partial charge in [0.25, 0.3) is 0 Å². The molecular formula is C15H27N3S2. The van der Waals surface area contributed by atoms with E-state index in [2.05, 4.69) is 56.6 Å². The number of nitrogens with one attached hydrogen (secondary N) is 1. The van der Waals surface area contributed by atoms with Crippen LogP contribution in [-0.4, -0.2) is 35.1 Å². The summed E-state index contributed by atoms with van der Waals surface area (Å²) in [6.07, 6.45) is 0. The average molecular weight is 314 g/mol. The fraction of sp³-hybridized carbons (Fsp3) is 0.800. The zero-order valence-electron chi connectivity index (χ0n) is 13.3. The van der Waals surface area contributed by atoms with Crippen molar-refractivity contribution in [2.45, 2.75) is 59.2 Å². The molecule has 1 aliphatic rings. The van der Waals surface area contributed by atoms with Crippen molar-refractivity contribution < 1.29 is 0 Å². The van der Waals surface area contributed by atoms with Crippen molar-refractivity contribution in [3.63, 3.8) is 0 Å². The quantitative estimate of drug-likeness (QED) is 0.897. The maximum atomic E-state index is 4.96. The molecule has 20 heavy (non-hydrogen) atoms. The van der Waals surface area contributed by atoms with Gasteiger partial charge >= 0.3 is 0 Å². The van der Waals surface area contributed by atoms with Gasteiger partial charge in [-0.2, -0.15) is 11.8 Å². The molecule has 3 nitrogen and oxygen atoms in total. The van der Waals surface area contributed by atoms with Crippen LogP contribution < -0.4 is 10.2 Å². The highest BCUT2D eigenvalue weighted by Gasteiger charge is 2.24. The summed E-state index contributed by atoms with van der Waals surface area (Å²) in [5.74, 6) is 2.94. The van der Waals surface area contributed by atoms with Crippen molar-refractivity contribution in [3.05, 3.63) is 10.6 Å². The summed E-state index contributed by atoms with van der Waals surface area (Å²) in [6, 6.07) is 1.12. The summed E-state index contributed by atoms with van der Waals surface area (Å²) in [6.45, 7) is 13.3. The minimum absolute atomic E-state index is 0.499. The number of rotatable bonds is 5. The maximum absolute atomic E-state index is 4.96. The number of aromatic nitrogens is 1. The summed E-state index contributed by atoms with van der Waals surface area (Å²) in [4.78, 5) is 8.86. The predicted molar refractivity (Wildman–Crippen MR) is 92.3 cm³/mol. The Bertz CT molecular complexity index is 429. The van der Waals surface area contributed by atoms with Gasteiger partial charge in [0, 0.05) is 41.6 Å². The summed E-state index contributed by atoms with van der Waals surface area (Å²) in [5, 5.41) is 4.76. The zero-order chi connectivity index (χ0) is 14.7. The van der Waals surface area contributed by atoms with Crippen molar-refractivity contribution >= 4 is 28.2 Å². The fourth-order valence-corrected chi connectivity index (χ4v) is 4.67. The minimum atomic E-state index is 0.499. The molecule has 1 aliphatic heterocycles. The first-order valence-electron chi connectivity index (χ1n) is 7.56. The van der Waals surface area contributed by atoms with Crippen molar-refractivity contribution in [2.75, 3.05) is 23.0 Å². The molecule has 2 rings (SSSR count). The van der Waals surface area contributed by atoms with Gasteiger partial charge in [-0.1, -0.05) is 27.7 Å². The van der Waals surface area contributed by atoms with Crippen LogP contribution in [0.25, 0.3) is 0 Å². The van der Waals surface area contributed by atoms with Gasteiger partial charge in [-0.05, 0) is 12.8 Å². The molecule has 1 atom stereocenters. The van der Waals surface area contributed by atoms with Gasteiger partial charge in [0.15, 0.2) is 5.13 Å². The Kier molecular flexibility index (Phi) is 5.75. The first kappa shape index (κ1) is 16.1. The molecule has 0 aliphatic carbocycles. The highest BCUT2D eigenvalue weighted by molar-refractivity contribution is 7.99. The second-order valence-corrected chi connectivity index (χ2v) is 8.32. The van der Waals surface area contributed by atoms with Crippen LogP contribution in [0.4, 0.5) is 5.13 Å². The lowest BCUT2D eigenvalue weighted by atomic mass is 10.1.